The molecule has 0 atom stereocenters. The molecule has 0 aliphatic heterocycles. The van der Waals surface area contributed by atoms with Gasteiger partial charge in [0.15, 0.2) is 0 Å². The van der Waals surface area contributed by atoms with Crippen LogP contribution in [-0.2, 0) is 6.42 Å². The van der Waals surface area contributed by atoms with E-state index in [1.54, 1.807) is 42.5 Å². The zero-order chi connectivity index (χ0) is 12.3. The summed E-state index contributed by atoms with van der Waals surface area (Å²) in [7, 11) is 0. The molecule has 0 bridgehead atoms. The topological polar surface area (TPSA) is 57.5 Å². The lowest BCUT2D eigenvalue weighted by Gasteiger charge is -2.07. The highest BCUT2D eigenvalue weighted by molar-refractivity contribution is 5.78. The van der Waals surface area contributed by atoms with Crippen LogP contribution in [0.2, 0.25) is 0 Å². The molecule has 3 nitrogen and oxygen atoms in total. The predicted octanol–water partition coefficient (Wildman–Crippen LogP) is 2.50. The number of aldehydes is 1. The van der Waals surface area contributed by atoms with Crippen LogP contribution >= 0.6 is 0 Å². The SMILES string of the molecule is O=Cc1cccc(O)c1Cc1ccc(O)cc1. The average molecular weight is 228 g/mol. The fourth-order valence-corrected chi connectivity index (χ4v) is 1.71. The van der Waals surface area contributed by atoms with Crippen LogP contribution in [0.15, 0.2) is 42.5 Å². The van der Waals surface area contributed by atoms with Gasteiger partial charge in [-0.15, -0.1) is 0 Å². The van der Waals surface area contributed by atoms with Crippen LogP contribution in [0.4, 0.5) is 0 Å². The van der Waals surface area contributed by atoms with Crippen LogP contribution < -0.4 is 0 Å². The average Bonchev–Trinajstić information content (AvgIpc) is 2.34. The normalized spacial score (nSPS) is 10.1. The molecule has 2 N–H and O–H groups in total. The molecule has 2 rings (SSSR count). The molecule has 0 amide bonds. The first-order chi connectivity index (χ1) is 8.20. The first-order valence-corrected chi connectivity index (χ1v) is 5.24. The maximum Gasteiger partial charge on any atom is 0.150 e. The van der Waals surface area contributed by atoms with Gasteiger partial charge >= 0.3 is 0 Å². The van der Waals surface area contributed by atoms with Gasteiger partial charge in [0.25, 0.3) is 0 Å². The highest BCUT2D eigenvalue weighted by Gasteiger charge is 2.07. The zero-order valence-corrected chi connectivity index (χ0v) is 9.13. The molecule has 86 valence electrons. The summed E-state index contributed by atoms with van der Waals surface area (Å²) < 4.78 is 0. The van der Waals surface area contributed by atoms with Gasteiger partial charge in [0, 0.05) is 17.5 Å². The number of benzene rings is 2. The van der Waals surface area contributed by atoms with Crippen molar-refractivity contribution >= 4 is 6.29 Å². The molecule has 17 heavy (non-hydrogen) atoms. The van der Waals surface area contributed by atoms with Crippen LogP contribution in [0.25, 0.3) is 0 Å². The van der Waals surface area contributed by atoms with Gasteiger partial charge in [0.2, 0.25) is 0 Å². The Morgan fingerprint density at radius 2 is 1.71 bits per heavy atom. The van der Waals surface area contributed by atoms with Crippen LogP contribution in [0.3, 0.4) is 0 Å². The molecular formula is C14H12O3. The summed E-state index contributed by atoms with van der Waals surface area (Å²) in [5, 5.41) is 18.9. The molecule has 0 heterocycles. The zero-order valence-electron chi connectivity index (χ0n) is 9.13. The molecule has 0 unspecified atom stereocenters. The number of rotatable bonds is 3. The first kappa shape index (κ1) is 11.2. The summed E-state index contributed by atoms with van der Waals surface area (Å²) >= 11 is 0. The Labute approximate surface area is 99.0 Å². The van der Waals surface area contributed by atoms with Gasteiger partial charge in [-0.2, -0.15) is 0 Å². The molecular weight excluding hydrogens is 216 g/mol. The van der Waals surface area contributed by atoms with E-state index in [9.17, 15) is 15.0 Å². The molecule has 0 aliphatic rings. The Morgan fingerprint density at radius 1 is 1.00 bits per heavy atom. The van der Waals surface area contributed by atoms with Gasteiger partial charge in [0.05, 0.1) is 0 Å². The summed E-state index contributed by atoms with van der Waals surface area (Å²) in [6.07, 6.45) is 1.19. The third-order valence-electron chi connectivity index (χ3n) is 2.63. The first-order valence-electron chi connectivity index (χ1n) is 5.24. The number of phenolic OH excluding ortho intramolecular Hbond substituents is 2. The molecule has 2 aromatic carbocycles. The fraction of sp³-hybridized carbons (Fsp3) is 0.0714. The maximum atomic E-state index is 10.9. The van der Waals surface area contributed by atoms with Crippen molar-refractivity contribution in [3.05, 3.63) is 59.2 Å². The minimum Gasteiger partial charge on any atom is -0.508 e. The Balaban J connectivity index is 2.35. The van der Waals surface area contributed by atoms with E-state index >= 15 is 0 Å². The van der Waals surface area contributed by atoms with E-state index in [-0.39, 0.29) is 11.5 Å². The summed E-state index contributed by atoms with van der Waals surface area (Å²) in [5.74, 6) is 0.310. The summed E-state index contributed by atoms with van der Waals surface area (Å²) in [6.45, 7) is 0. The lowest BCUT2D eigenvalue weighted by Crippen LogP contribution is -1.95. The van der Waals surface area contributed by atoms with Gasteiger partial charge in [-0.05, 0) is 23.8 Å². The van der Waals surface area contributed by atoms with Crippen LogP contribution in [0, 0.1) is 0 Å². The number of carbonyl (C=O) groups is 1. The van der Waals surface area contributed by atoms with Gasteiger partial charge < -0.3 is 10.2 Å². The molecule has 0 saturated heterocycles. The largest absolute Gasteiger partial charge is 0.508 e. The van der Waals surface area contributed by atoms with E-state index in [0.29, 0.717) is 17.5 Å². The molecule has 0 aliphatic carbocycles. The molecule has 0 aromatic heterocycles. The van der Waals surface area contributed by atoms with Gasteiger partial charge in [-0.25, -0.2) is 0 Å². The maximum absolute atomic E-state index is 10.9. The molecule has 0 fully saturated rings. The minimum atomic E-state index is 0.114. The third kappa shape index (κ3) is 2.45. The van der Waals surface area contributed by atoms with Crippen molar-refractivity contribution in [2.75, 3.05) is 0 Å². The van der Waals surface area contributed by atoms with E-state index in [0.717, 1.165) is 11.8 Å². The van der Waals surface area contributed by atoms with Gasteiger partial charge in [0.1, 0.15) is 17.8 Å². The molecule has 3 heteroatoms. The van der Waals surface area contributed by atoms with Crippen molar-refractivity contribution in [2.24, 2.45) is 0 Å². The van der Waals surface area contributed by atoms with E-state index in [1.807, 2.05) is 0 Å². The Morgan fingerprint density at radius 3 is 2.35 bits per heavy atom. The lowest BCUT2D eigenvalue weighted by molar-refractivity contribution is 0.112. The Bertz CT molecular complexity index is 530. The van der Waals surface area contributed by atoms with Crippen molar-refractivity contribution in [1.82, 2.24) is 0 Å². The molecule has 0 spiro atoms. The van der Waals surface area contributed by atoms with Crippen molar-refractivity contribution in [3.63, 3.8) is 0 Å². The van der Waals surface area contributed by atoms with E-state index in [2.05, 4.69) is 0 Å². The van der Waals surface area contributed by atoms with Crippen LogP contribution in [0.5, 0.6) is 11.5 Å². The summed E-state index contributed by atoms with van der Waals surface area (Å²) in [4.78, 5) is 10.9. The van der Waals surface area contributed by atoms with E-state index < -0.39 is 0 Å². The quantitative estimate of drug-likeness (QED) is 0.793. The molecule has 0 radical (unpaired) electrons. The number of hydrogen-bond donors (Lipinski definition) is 2. The van der Waals surface area contributed by atoms with Gasteiger partial charge in [-0.3, -0.25) is 4.79 Å². The van der Waals surface area contributed by atoms with E-state index in [1.165, 1.54) is 0 Å². The minimum absolute atomic E-state index is 0.114. The van der Waals surface area contributed by atoms with Crippen LogP contribution in [-0.4, -0.2) is 16.5 Å². The Hall–Kier alpha value is -2.29. The van der Waals surface area contributed by atoms with Crippen molar-refractivity contribution in [2.45, 2.75) is 6.42 Å². The summed E-state index contributed by atoms with van der Waals surface area (Å²) in [5.41, 5.74) is 2.01. The fourth-order valence-electron chi connectivity index (χ4n) is 1.71. The third-order valence-corrected chi connectivity index (χ3v) is 2.63. The van der Waals surface area contributed by atoms with Crippen LogP contribution in [0.1, 0.15) is 21.5 Å². The van der Waals surface area contributed by atoms with Gasteiger partial charge in [-0.1, -0.05) is 24.3 Å². The number of carbonyl (C=O) groups excluding carboxylic acids is 1. The highest BCUT2D eigenvalue weighted by atomic mass is 16.3. The smallest absolute Gasteiger partial charge is 0.150 e. The number of aromatic hydroxyl groups is 2. The number of hydrogen-bond acceptors (Lipinski definition) is 3. The number of phenols is 2. The second-order valence-corrected chi connectivity index (χ2v) is 3.81. The van der Waals surface area contributed by atoms with Crippen molar-refractivity contribution in [1.29, 1.82) is 0 Å². The lowest BCUT2D eigenvalue weighted by atomic mass is 9.99. The van der Waals surface area contributed by atoms with Crippen molar-refractivity contribution in [3.8, 4) is 11.5 Å². The van der Waals surface area contributed by atoms with Crippen molar-refractivity contribution < 1.29 is 15.0 Å². The second-order valence-electron chi connectivity index (χ2n) is 3.81. The standard InChI is InChI=1S/C14H12O3/c15-9-11-2-1-3-14(17)13(11)8-10-4-6-12(16)7-5-10/h1-7,9,16-17H,8H2. The monoisotopic (exact) mass is 228 g/mol. The Kier molecular flexibility index (Phi) is 3.10. The summed E-state index contributed by atoms with van der Waals surface area (Å²) in [6, 6.07) is 11.5. The molecule has 0 saturated carbocycles. The highest BCUT2D eigenvalue weighted by Crippen LogP contribution is 2.23. The van der Waals surface area contributed by atoms with E-state index in [4.69, 9.17) is 0 Å². The molecule has 2 aromatic rings. The predicted molar refractivity (Wildman–Crippen MR) is 64.4 cm³/mol. The second kappa shape index (κ2) is 4.70.